The van der Waals surface area contributed by atoms with Gasteiger partial charge in [-0.1, -0.05) is 0 Å². The quantitative estimate of drug-likeness (QED) is 0.435. The first-order valence-corrected chi connectivity index (χ1v) is 10.0. The van der Waals surface area contributed by atoms with Gasteiger partial charge in [0.25, 0.3) is 15.4 Å². The first-order valence-electron chi connectivity index (χ1n) is 8.52. The molecular formula is C16H24O7S. The molecule has 4 fully saturated rings. The van der Waals surface area contributed by atoms with Crippen LogP contribution in [0.1, 0.15) is 45.4 Å². The molecule has 0 aromatic heterocycles. The lowest BCUT2D eigenvalue weighted by Gasteiger charge is -2.56. The molecule has 1 atom stereocenters. The van der Waals surface area contributed by atoms with E-state index in [-0.39, 0.29) is 18.6 Å². The van der Waals surface area contributed by atoms with Crippen LogP contribution in [0.5, 0.6) is 0 Å². The maximum absolute atomic E-state index is 12.1. The van der Waals surface area contributed by atoms with E-state index in [1.54, 1.807) is 0 Å². The Bertz CT molecular complexity index is 589. The SMILES string of the molecule is CCOC(=O)C(C(=O)OCC12CC3CC(CC(C3)C1)C2)S(=O)(=O)O. The molecule has 24 heavy (non-hydrogen) atoms. The van der Waals surface area contributed by atoms with Gasteiger partial charge >= 0.3 is 11.9 Å². The fraction of sp³-hybridized carbons (Fsp3) is 0.875. The van der Waals surface area contributed by atoms with Crippen LogP contribution in [0.4, 0.5) is 0 Å². The van der Waals surface area contributed by atoms with Crippen LogP contribution in [0.25, 0.3) is 0 Å². The van der Waals surface area contributed by atoms with Crippen molar-refractivity contribution in [2.24, 2.45) is 23.2 Å². The van der Waals surface area contributed by atoms with Gasteiger partial charge in [-0.2, -0.15) is 8.42 Å². The fourth-order valence-electron chi connectivity index (χ4n) is 5.32. The Morgan fingerprint density at radius 2 is 1.50 bits per heavy atom. The molecule has 0 aromatic carbocycles. The maximum Gasteiger partial charge on any atom is 0.338 e. The third-order valence-corrected chi connectivity index (χ3v) is 6.68. The molecule has 8 heteroatoms. The van der Waals surface area contributed by atoms with Crippen molar-refractivity contribution >= 4 is 22.1 Å². The van der Waals surface area contributed by atoms with E-state index in [4.69, 9.17) is 4.74 Å². The highest BCUT2D eigenvalue weighted by Gasteiger charge is 2.52. The van der Waals surface area contributed by atoms with Gasteiger partial charge in [0.1, 0.15) is 0 Å². The summed E-state index contributed by atoms with van der Waals surface area (Å²) < 4.78 is 41.7. The van der Waals surface area contributed by atoms with Gasteiger partial charge in [-0.25, -0.2) is 9.59 Å². The Morgan fingerprint density at radius 1 is 1.04 bits per heavy atom. The third kappa shape index (κ3) is 3.44. The van der Waals surface area contributed by atoms with Gasteiger partial charge in [-0.3, -0.25) is 4.55 Å². The minimum Gasteiger partial charge on any atom is -0.465 e. The van der Waals surface area contributed by atoms with Gasteiger partial charge in [0, 0.05) is 5.41 Å². The second kappa shape index (κ2) is 6.29. The van der Waals surface area contributed by atoms with Crippen LogP contribution in [-0.4, -0.2) is 43.4 Å². The molecule has 4 rings (SSSR count). The number of ether oxygens (including phenoxy) is 2. The summed E-state index contributed by atoms with van der Waals surface area (Å²) in [5, 5.41) is -2.31. The largest absolute Gasteiger partial charge is 0.465 e. The zero-order valence-corrected chi connectivity index (χ0v) is 14.6. The molecule has 0 amide bonds. The standard InChI is InChI=1S/C16H24O7S/c1-2-22-14(17)13(24(19,20)21)15(18)23-9-16-6-10-3-11(7-16)5-12(4-10)8-16/h10-13H,2-9H2,1H3,(H,19,20,21). The number of hydrogen-bond acceptors (Lipinski definition) is 6. The number of rotatable bonds is 6. The molecule has 0 saturated heterocycles. The molecule has 4 bridgehead atoms. The summed E-state index contributed by atoms with van der Waals surface area (Å²) in [4.78, 5) is 23.8. The molecule has 0 radical (unpaired) electrons. The summed E-state index contributed by atoms with van der Waals surface area (Å²) in [6.07, 6.45) is 6.68. The summed E-state index contributed by atoms with van der Waals surface area (Å²) in [5.41, 5.74) is -0.0944. The molecular weight excluding hydrogens is 336 g/mol. The van der Waals surface area contributed by atoms with Gasteiger partial charge in [-0.05, 0) is 63.2 Å². The van der Waals surface area contributed by atoms with Gasteiger partial charge in [0.05, 0.1) is 13.2 Å². The zero-order valence-electron chi connectivity index (χ0n) is 13.8. The number of carbonyl (C=O) groups excluding carboxylic acids is 2. The van der Waals surface area contributed by atoms with Crippen LogP contribution in [0, 0.1) is 23.2 Å². The minimum absolute atomic E-state index is 0.0902. The minimum atomic E-state index is -4.91. The predicted octanol–water partition coefficient (Wildman–Crippen LogP) is 1.57. The Kier molecular flexibility index (Phi) is 4.63. The monoisotopic (exact) mass is 360 g/mol. The third-order valence-electron chi connectivity index (χ3n) is 5.70. The van der Waals surface area contributed by atoms with Crippen LogP contribution in [-0.2, 0) is 29.2 Å². The molecule has 4 saturated carbocycles. The average Bonchev–Trinajstić information content (AvgIpc) is 2.42. The highest BCUT2D eigenvalue weighted by molar-refractivity contribution is 7.88. The first kappa shape index (κ1) is 17.7. The Balaban J connectivity index is 1.67. The molecule has 4 aliphatic carbocycles. The normalized spacial score (nSPS) is 35.5. The molecule has 0 aromatic rings. The molecule has 7 nitrogen and oxygen atoms in total. The van der Waals surface area contributed by atoms with Crippen molar-refractivity contribution in [2.75, 3.05) is 13.2 Å². The predicted molar refractivity (Wildman–Crippen MR) is 83.5 cm³/mol. The van der Waals surface area contributed by atoms with Crippen molar-refractivity contribution in [3.05, 3.63) is 0 Å². The topological polar surface area (TPSA) is 107 Å². The van der Waals surface area contributed by atoms with Crippen molar-refractivity contribution in [3.63, 3.8) is 0 Å². The van der Waals surface area contributed by atoms with E-state index in [1.807, 2.05) is 0 Å². The summed E-state index contributed by atoms with van der Waals surface area (Å²) in [6, 6.07) is 0. The van der Waals surface area contributed by atoms with Gasteiger partial charge in [-0.15, -0.1) is 0 Å². The summed E-state index contributed by atoms with van der Waals surface area (Å²) in [5.74, 6) is -0.547. The van der Waals surface area contributed by atoms with E-state index in [2.05, 4.69) is 4.74 Å². The van der Waals surface area contributed by atoms with E-state index >= 15 is 0 Å². The number of hydrogen-bond donors (Lipinski definition) is 1. The second-order valence-corrected chi connectivity index (χ2v) is 9.17. The molecule has 1 unspecified atom stereocenters. The van der Waals surface area contributed by atoms with Crippen LogP contribution in [0.15, 0.2) is 0 Å². The van der Waals surface area contributed by atoms with Crippen molar-refractivity contribution in [1.29, 1.82) is 0 Å². The van der Waals surface area contributed by atoms with E-state index in [9.17, 15) is 22.6 Å². The fourth-order valence-corrected chi connectivity index (χ4v) is 5.95. The Morgan fingerprint density at radius 3 is 1.92 bits per heavy atom. The molecule has 1 N–H and O–H groups in total. The van der Waals surface area contributed by atoms with Crippen molar-refractivity contribution < 1.29 is 32.0 Å². The summed E-state index contributed by atoms with van der Waals surface area (Å²) >= 11 is 0. The smallest absolute Gasteiger partial charge is 0.338 e. The van der Waals surface area contributed by atoms with Crippen LogP contribution < -0.4 is 0 Å². The molecule has 136 valence electrons. The summed E-state index contributed by atoms with van der Waals surface area (Å²) in [7, 11) is -4.91. The van der Waals surface area contributed by atoms with Crippen molar-refractivity contribution in [1.82, 2.24) is 0 Å². The zero-order chi connectivity index (χ0) is 17.5. The van der Waals surface area contributed by atoms with Gasteiger partial charge in [0.15, 0.2) is 0 Å². The van der Waals surface area contributed by atoms with Crippen LogP contribution in [0.3, 0.4) is 0 Å². The molecule has 0 aliphatic heterocycles. The second-order valence-electron chi connectivity index (χ2n) is 7.67. The lowest BCUT2D eigenvalue weighted by molar-refractivity contribution is -0.161. The molecule has 4 aliphatic rings. The molecule has 0 spiro atoms. The lowest BCUT2D eigenvalue weighted by atomic mass is 9.50. The maximum atomic E-state index is 12.1. The summed E-state index contributed by atoms with van der Waals surface area (Å²) in [6.45, 7) is 1.51. The lowest BCUT2D eigenvalue weighted by Crippen LogP contribution is -2.49. The average molecular weight is 360 g/mol. The van der Waals surface area contributed by atoms with E-state index in [1.165, 1.54) is 26.2 Å². The Hall–Kier alpha value is -1.15. The van der Waals surface area contributed by atoms with Crippen LogP contribution >= 0.6 is 0 Å². The van der Waals surface area contributed by atoms with Crippen molar-refractivity contribution in [2.45, 2.75) is 50.7 Å². The number of esters is 2. The highest BCUT2D eigenvalue weighted by atomic mass is 32.2. The van der Waals surface area contributed by atoms with Gasteiger partial charge < -0.3 is 9.47 Å². The first-order chi connectivity index (χ1) is 11.2. The van der Waals surface area contributed by atoms with E-state index in [0.717, 1.165) is 19.3 Å². The highest BCUT2D eigenvalue weighted by Crippen LogP contribution is 2.60. The Labute approximate surface area is 141 Å². The van der Waals surface area contributed by atoms with Crippen LogP contribution in [0.2, 0.25) is 0 Å². The van der Waals surface area contributed by atoms with Gasteiger partial charge in [0.2, 0.25) is 0 Å². The number of carbonyl (C=O) groups is 2. The van der Waals surface area contributed by atoms with E-state index in [0.29, 0.717) is 17.8 Å². The van der Waals surface area contributed by atoms with Crippen molar-refractivity contribution in [3.8, 4) is 0 Å². The molecule has 0 heterocycles. The van der Waals surface area contributed by atoms with E-state index < -0.39 is 27.3 Å².